The molecule has 0 saturated carbocycles. The first kappa shape index (κ1) is 22.5. The Bertz CT molecular complexity index is 1310. The van der Waals surface area contributed by atoms with Gasteiger partial charge in [-0.05, 0) is 39.9 Å². The molecule has 0 saturated heterocycles. The quantitative estimate of drug-likeness (QED) is 0.287. The third-order valence-corrected chi connectivity index (χ3v) is 6.24. The highest BCUT2D eigenvalue weighted by Gasteiger charge is 2.25. The Morgan fingerprint density at radius 2 is 1.28 bits per heavy atom. The smallest absolute Gasteiger partial charge is 0.0780 e. The lowest BCUT2D eigenvalue weighted by atomic mass is 9.83. The number of nitrogens with zero attached hydrogens (tertiary/aromatic N) is 2. The maximum Gasteiger partial charge on any atom is 0.0780 e. The van der Waals surface area contributed by atoms with Gasteiger partial charge >= 0.3 is 0 Å². The van der Waals surface area contributed by atoms with Gasteiger partial charge in [0.2, 0.25) is 0 Å². The van der Waals surface area contributed by atoms with Crippen LogP contribution in [0, 0.1) is 0 Å². The Kier molecular flexibility index (Phi) is 5.19. The molecule has 2 aromatic heterocycles. The van der Waals surface area contributed by atoms with Crippen LogP contribution < -0.4 is 0 Å². The molecule has 2 aromatic carbocycles. The van der Waals surface area contributed by atoms with Gasteiger partial charge in [0.25, 0.3) is 0 Å². The monoisotopic (exact) mass is 424 g/mol. The summed E-state index contributed by atoms with van der Waals surface area (Å²) >= 11 is 0. The van der Waals surface area contributed by atoms with E-state index >= 15 is 0 Å². The minimum Gasteiger partial charge on any atom is -0.256 e. The van der Waals surface area contributed by atoms with Crippen molar-refractivity contribution >= 4 is 21.5 Å². The van der Waals surface area contributed by atoms with Gasteiger partial charge in [-0.15, -0.1) is 0 Å². The van der Waals surface area contributed by atoms with E-state index in [1.807, 2.05) is 6.20 Å². The number of benzene rings is 2. The fraction of sp³-hybridized carbons (Fsp3) is 0.400. The molecule has 0 unspecified atom stereocenters. The summed E-state index contributed by atoms with van der Waals surface area (Å²) in [6.45, 7) is 20.2. The highest BCUT2D eigenvalue weighted by molar-refractivity contribution is 6.12. The summed E-state index contributed by atoms with van der Waals surface area (Å²) in [4.78, 5) is 9.99. The van der Waals surface area contributed by atoms with E-state index in [1.54, 1.807) is 0 Å². The minimum absolute atomic E-state index is 0.0206. The van der Waals surface area contributed by atoms with Crippen LogP contribution >= 0.6 is 0 Å². The fourth-order valence-electron chi connectivity index (χ4n) is 4.31. The van der Waals surface area contributed by atoms with Crippen LogP contribution in [0.1, 0.15) is 79.3 Å². The van der Waals surface area contributed by atoms with E-state index in [2.05, 4.69) is 111 Å². The molecule has 0 radical (unpaired) electrons. The molecular formula is C30H36N2. The maximum atomic E-state index is 5.15. The SMILES string of the molecule is CC(C)(C)c1cccc(-c2nccc3c2ccc2c(C(C)(C)C)nc(C(C)(C)C)cc23)c1. The van der Waals surface area contributed by atoms with Gasteiger partial charge in [-0.25, -0.2) is 0 Å². The Morgan fingerprint density at radius 1 is 0.594 bits per heavy atom. The lowest BCUT2D eigenvalue weighted by Gasteiger charge is -2.26. The second-order valence-corrected chi connectivity index (χ2v) is 12.1. The molecule has 0 atom stereocenters. The summed E-state index contributed by atoms with van der Waals surface area (Å²) in [5.74, 6) is 0. The summed E-state index contributed by atoms with van der Waals surface area (Å²) in [7, 11) is 0. The van der Waals surface area contributed by atoms with Crippen LogP contribution in [0.5, 0.6) is 0 Å². The number of hydrogen-bond donors (Lipinski definition) is 0. The lowest BCUT2D eigenvalue weighted by Crippen LogP contribution is -2.20. The molecule has 2 heterocycles. The number of hydrogen-bond acceptors (Lipinski definition) is 2. The number of aromatic nitrogens is 2. The van der Waals surface area contributed by atoms with Gasteiger partial charge in [0.05, 0.1) is 11.4 Å². The summed E-state index contributed by atoms with van der Waals surface area (Å²) < 4.78 is 0. The molecule has 0 amide bonds. The van der Waals surface area contributed by atoms with Gasteiger partial charge in [-0.3, -0.25) is 9.97 Å². The molecule has 166 valence electrons. The van der Waals surface area contributed by atoms with E-state index in [4.69, 9.17) is 9.97 Å². The molecule has 0 N–H and O–H groups in total. The van der Waals surface area contributed by atoms with Crippen LogP contribution in [0.4, 0.5) is 0 Å². The van der Waals surface area contributed by atoms with E-state index in [0.717, 1.165) is 17.1 Å². The van der Waals surface area contributed by atoms with E-state index in [0.29, 0.717) is 0 Å². The summed E-state index contributed by atoms with van der Waals surface area (Å²) in [6, 6.07) is 17.8. The molecular weight excluding hydrogens is 388 g/mol. The van der Waals surface area contributed by atoms with Crippen LogP contribution in [-0.4, -0.2) is 9.97 Å². The topological polar surface area (TPSA) is 25.8 Å². The van der Waals surface area contributed by atoms with Crippen LogP contribution in [0.2, 0.25) is 0 Å². The maximum absolute atomic E-state index is 5.15. The van der Waals surface area contributed by atoms with Crippen molar-refractivity contribution in [1.29, 1.82) is 0 Å². The van der Waals surface area contributed by atoms with Crippen LogP contribution in [0.25, 0.3) is 32.8 Å². The largest absolute Gasteiger partial charge is 0.256 e. The Hall–Kier alpha value is -2.74. The van der Waals surface area contributed by atoms with Crippen molar-refractivity contribution in [2.24, 2.45) is 0 Å². The molecule has 0 bridgehead atoms. The number of pyridine rings is 2. The fourth-order valence-corrected chi connectivity index (χ4v) is 4.31. The minimum atomic E-state index is -0.0376. The zero-order valence-corrected chi connectivity index (χ0v) is 21.1. The standard InChI is InChI=1S/C30H36N2/c1-28(2,3)20-12-10-11-19(17-20)26-22-13-14-23-24(21(22)15-16-31-26)18-25(29(4,5)6)32-27(23)30(7,8)9/h10-18H,1-9H3. The zero-order chi connectivity index (χ0) is 23.5. The summed E-state index contributed by atoms with van der Waals surface area (Å²) in [6.07, 6.45) is 1.95. The molecule has 4 aromatic rings. The predicted octanol–water partition coefficient (Wildman–Crippen LogP) is 8.34. The molecule has 0 aliphatic carbocycles. The van der Waals surface area contributed by atoms with Gasteiger partial charge in [-0.1, -0.05) is 92.6 Å². The first-order valence-electron chi connectivity index (χ1n) is 11.6. The molecule has 0 spiro atoms. The highest BCUT2D eigenvalue weighted by atomic mass is 14.8. The zero-order valence-electron chi connectivity index (χ0n) is 21.1. The second-order valence-electron chi connectivity index (χ2n) is 12.1. The van der Waals surface area contributed by atoms with Crippen molar-refractivity contribution in [3.8, 4) is 11.3 Å². The molecule has 4 rings (SSSR count). The third kappa shape index (κ3) is 4.03. The van der Waals surface area contributed by atoms with Gasteiger partial charge < -0.3 is 0 Å². The average Bonchev–Trinajstić information content (AvgIpc) is 2.70. The summed E-state index contributed by atoms with van der Waals surface area (Å²) in [5.41, 5.74) is 5.87. The Balaban J connectivity index is 2.06. The lowest BCUT2D eigenvalue weighted by molar-refractivity contribution is 0.536. The number of rotatable bonds is 1. The predicted molar refractivity (Wildman–Crippen MR) is 139 cm³/mol. The molecule has 2 heteroatoms. The Morgan fingerprint density at radius 3 is 1.91 bits per heavy atom. The van der Waals surface area contributed by atoms with Crippen molar-refractivity contribution < 1.29 is 0 Å². The van der Waals surface area contributed by atoms with Gasteiger partial charge in [0.15, 0.2) is 0 Å². The third-order valence-electron chi connectivity index (χ3n) is 6.24. The van der Waals surface area contributed by atoms with Gasteiger partial charge in [-0.2, -0.15) is 0 Å². The summed E-state index contributed by atoms with van der Waals surface area (Å²) in [5, 5.41) is 4.94. The normalized spacial score (nSPS) is 13.2. The first-order chi connectivity index (χ1) is 14.8. The van der Waals surface area contributed by atoms with Crippen molar-refractivity contribution in [3.05, 3.63) is 71.7 Å². The van der Waals surface area contributed by atoms with Gasteiger partial charge in [0, 0.05) is 39.1 Å². The van der Waals surface area contributed by atoms with Crippen LogP contribution in [0.15, 0.2) is 54.7 Å². The number of fused-ring (bicyclic) bond motifs is 3. The van der Waals surface area contributed by atoms with Crippen molar-refractivity contribution in [2.45, 2.75) is 78.6 Å². The second kappa shape index (κ2) is 7.40. The van der Waals surface area contributed by atoms with Crippen molar-refractivity contribution in [2.75, 3.05) is 0 Å². The average molecular weight is 425 g/mol. The van der Waals surface area contributed by atoms with Crippen LogP contribution in [-0.2, 0) is 16.2 Å². The van der Waals surface area contributed by atoms with E-state index in [-0.39, 0.29) is 16.2 Å². The van der Waals surface area contributed by atoms with Crippen LogP contribution in [0.3, 0.4) is 0 Å². The van der Waals surface area contributed by atoms with Crippen molar-refractivity contribution in [3.63, 3.8) is 0 Å². The van der Waals surface area contributed by atoms with E-state index in [1.165, 1.54) is 32.7 Å². The highest BCUT2D eigenvalue weighted by Crippen LogP contribution is 2.38. The molecule has 2 nitrogen and oxygen atoms in total. The molecule has 32 heavy (non-hydrogen) atoms. The Labute approximate surface area is 193 Å². The van der Waals surface area contributed by atoms with Gasteiger partial charge in [0.1, 0.15) is 0 Å². The van der Waals surface area contributed by atoms with E-state index < -0.39 is 0 Å². The molecule has 0 aliphatic rings. The van der Waals surface area contributed by atoms with Crippen molar-refractivity contribution in [1.82, 2.24) is 9.97 Å². The molecule has 0 fully saturated rings. The first-order valence-corrected chi connectivity index (χ1v) is 11.6. The van der Waals surface area contributed by atoms with E-state index in [9.17, 15) is 0 Å². The molecule has 0 aliphatic heterocycles.